The van der Waals surface area contributed by atoms with Crippen LogP contribution in [0, 0.1) is 0 Å². The van der Waals surface area contributed by atoms with Crippen LogP contribution in [-0.2, 0) is 18.9 Å². The number of hydrogen-bond donors (Lipinski definition) is 11. The molecule has 16 atom stereocenters. The molecular formula is C33H42O19. The van der Waals surface area contributed by atoms with Gasteiger partial charge in [-0.3, -0.25) is 4.79 Å². The number of benzene rings is 2. The second-order valence-electron chi connectivity index (χ2n) is 13.0. The van der Waals surface area contributed by atoms with E-state index in [0.717, 1.165) is 6.07 Å². The van der Waals surface area contributed by atoms with E-state index in [1.165, 1.54) is 25.1 Å². The first kappa shape index (κ1) is 38.5. The van der Waals surface area contributed by atoms with Crippen LogP contribution < -0.4 is 14.2 Å². The number of ketones is 1. The van der Waals surface area contributed by atoms with Gasteiger partial charge in [0.25, 0.3) is 0 Å². The molecule has 0 radical (unpaired) electrons. The Bertz CT molecular complexity index is 1540. The van der Waals surface area contributed by atoms with Gasteiger partial charge >= 0.3 is 0 Å². The minimum absolute atomic E-state index is 0.0950. The van der Waals surface area contributed by atoms with Gasteiger partial charge in [0.2, 0.25) is 12.6 Å². The molecule has 0 unspecified atom stereocenters. The lowest BCUT2D eigenvalue weighted by molar-refractivity contribution is -0.354. The molecule has 19 nitrogen and oxygen atoms in total. The summed E-state index contributed by atoms with van der Waals surface area (Å²) in [6.07, 6.45) is -24.2. The van der Waals surface area contributed by atoms with E-state index in [1.807, 2.05) is 0 Å². The van der Waals surface area contributed by atoms with Gasteiger partial charge in [0.05, 0.1) is 25.7 Å². The number of aromatic hydroxyl groups is 1. The van der Waals surface area contributed by atoms with Crippen molar-refractivity contribution in [3.8, 4) is 23.0 Å². The number of phenolic OH excluding ortho intramolecular Hbond substituents is 1. The smallest absolute Gasteiger partial charge is 0.229 e. The normalized spacial score (nSPS) is 40.8. The molecule has 0 amide bonds. The zero-order valence-corrected chi connectivity index (χ0v) is 27.5. The molecule has 52 heavy (non-hydrogen) atoms. The number of aliphatic hydroxyl groups is 10. The summed E-state index contributed by atoms with van der Waals surface area (Å²) >= 11 is 0. The predicted octanol–water partition coefficient (Wildman–Crippen LogP) is -3.69. The summed E-state index contributed by atoms with van der Waals surface area (Å²) in [5.74, 6) is -1.09. The lowest BCUT2D eigenvalue weighted by Gasteiger charge is -2.45. The predicted molar refractivity (Wildman–Crippen MR) is 167 cm³/mol. The van der Waals surface area contributed by atoms with Gasteiger partial charge in [-0.2, -0.15) is 0 Å². The molecule has 2 aromatic rings. The zero-order chi connectivity index (χ0) is 37.6. The van der Waals surface area contributed by atoms with Crippen LogP contribution in [0.2, 0.25) is 0 Å². The van der Waals surface area contributed by atoms with Crippen LogP contribution in [0.1, 0.15) is 35.4 Å². The molecule has 2 aromatic carbocycles. The number of fused-ring (bicyclic) bond motifs is 1. The van der Waals surface area contributed by atoms with Crippen molar-refractivity contribution in [3.05, 3.63) is 47.5 Å². The van der Waals surface area contributed by atoms with Crippen LogP contribution in [0.5, 0.6) is 23.0 Å². The van der Waals surface area contributed by atoms with Crippen molar-refractivity contribution in [3.63, 3.8) is 0 Å². The van der Waals surface area contributed by atoms with E-state index in [1.54, 1.807) is 12.1 Å². The Hall–Kier alpha value is -3.25. The molecule has 288 valence electrons. The summed E-state index contributed by atoms with van der Waals surface area (Å²) < 4.78 is 39.8. The Balaban J connectivity index is 1.19. The monoisotopic (exact) mass is 742 g/mol. The quantitative estimate of drug-likeness (QED) is 0.118. The number of carbonyl (C=O) groups is 1. The average molecular weight is 743 g/mol. The third-order valence-electron chi connectivity index (χ3n) is 9.50. The summed E-state index contributed by atoms with van der Waals surface area (Å²) in [4.78, 5) is 13.2. The molecule has 4 aliphatic heterocycles. The summed E-state index contributed by atoms with van der Waals surface area (Å²) in [5, 5.41) is 113. The first-order chi connectivity index (χ1) is 24.7. The average Bonchev–Trinajstić information content (AvgIpc) is 3.12. The molecule has 0 aromatic heterocycles. The number of Topliss-reactive ketones (excluding diaryl/α,β-unsaturated/α-hetero) is 1. The van der Waals surface area contributed by atoms with E-state index in [0.29, 0.717) is 5.56 Å². The highest BCUT2D eigenvalue weighted by Gasteiger charge is 2.51. The van der Waals surface area contributed by atoms with Crippen molar-refractivity contribution < 1.29 is 94.1 Å². The van der Waals surface area contributed by atoms with Crippen molar-refractivity contribution in [1.29, 1.82) is 0 Å². The van der Waals surface area contributed by atoms with E-state index in [9.17, 15) is 61.0 Å². The largest absolute Gasteiger partial charge is 0.507 e. The van der Waals surface area contributed by atoms with Gasteiger partial charge in [-0.1, -0.05) is 12.1 Å². The third kappa shape index (κ3) is 7.43. The first-order valence-corrected chi connectivity index (χ1v) is 16.5. The topological polar surface area (TPSA) is 304 Å². The van der Waals surface area contributed by atoms with Crippen molar-refractivity contribution in [2.75, 3.05) is 13.2 Å². The van der Waals surface area contributed by atoms with Crippen molar-refractivity contribution in [2.24, 2.45) is 0 Å². The van der Waals surface area contributed by atoms with Gasteiger partial charge in [0, 0.05) is 12.1 Å². The molecule has 0 spiro atoms. The molecule has 0 bridgehead atoms. The number of hydrogen-bond acceptors (Lipinski definition) is 19. The van der Waals surface area contributed by atoms with E-state index < -0.39 is 123 Å². The highest BCUT2D eigenvalue weighted by molar-refractivity contribution is 6.02. The highest BCUT2D eigenvalue weighted by Crippen LogP contribution is 2.43. The number of aliphatic hydroxyl groups excluding tert-OH is 10. The van der Waals surface area contributed by atoms with Crippen molar-refractivity contribution >= 4 is 5.78 Å². The van der Waals surface area contributed by atoms with Gasteiger partial charge in [0.1, 0.15) is 95.7 Å². The van der Waals surface area contributed by atoms with Crippen molar-refractivity contribution in [1.82, 2.24) is 0 Å². The standard InChI is InChI=1S/C33H42O19/c1-11-22(38)25(41)28(44)31(46-11)52-30-27(43)24(40)20(10-35)51-33(30)48-14-6-15(36)21-16(37)8-17(49-18(21)7-14)12-2-4-13(5-3-12)47-32-29(45)26(42)23(39)19(9-34)50-32/h2-7,11,17,19-20,22-36,38-45H,8-10H2,1H3/t11-,17+,19+,20+,22-,23+,24+,25+,26-,27-,28+,29+,30+,31-,32+,33+/m0/s1. The van der Waals surface area contributed by atoms with Gasteiger partial charge in [-0.15, -0.1) is 0 Å². The first-order valence-electron chi connectivity index (χ1n) is 16.5. The zero-order valence-electron chi connectivity index (χ0n) is 27.5. The van der Waals surface area contributed by atoms with E-state index >= 15 is 0 Å². The number of ether oxygens (including phenoxy) is 7. The van der Waals surface area contributed by atoms with Crippen LogP contribution in [0.4, 0.5) is 0 Å². The van der Waals surface area contributed by atoms with E-state index in [4.69, 9.17) is 33.2 Å². The molecule has 4 aliphatic rings. The molecule has 3 fully saturated rings. The van der Waals surface area contributed by atoms with E-state index in [2.05, 4.69) is 0 Å². The van der Waals surface area contributed by atoms with Crippen LogP contribution in [-0.4, -0.2) is 167 Å². The Morgan fingerprint density at radius 2 is 1.25 bits per heavy atom. The lowest BCUT2D eigenvalue weighted by Crippen LogP contribution is -2.64. The minimum atomic E-state index is -1.80. The van der Waals surface area contributed by atoms with Crippen LogP contribution in [0.15, 0.2) is 36.4 Å². The Kier molecular flexibility index (Phi) is 11.6. The maximum atomic E-state index is 13.2. The van der Waals surface area contributed by atoms with E-state index in [-0.39, 0.29) is 29.2 Å². The molecule has 11 N–H and O–H groups in total. The van der Waals surface area contributed by atoms with Gasteiger partial charge in [-0.25, -0.2) is 0 Å². The van der Waals surface area contributed by atoms with Gasteiger partial charge < -0.3 is 89.3 Å². The Morgan fingerprint density at radius 3 is 1.90 bits per heavy atom. The summed E-state index contributed by atoms with van der Waals surface area (Å²) in [6, 6.07) is 8.40. The van der Waals surface area contributed by atoms with Gasteiger partial charge in [-0.05, 0) is 24.6 Å². The molecule has 0 aliphatic carbocycles. The fourth-order valence-corrected chi connectivity index (χ4v) is 6.44. The van der Waals surface area contributed by atoms with Crippen LogP contribution in [0.3, 0.4) is 0 Å². The second kappa shape index (κ2) is 15.6. The second-order valence-corrected chi connectivity index (χ2v) is 13.0. The summed E-state index contributed by atoms with van der Waals surface area (Å²) in [7, 11) is 0. The fraction of sp³-hybridized carbons (Fsp3) is 0.606. The molecule has 6 rings (SSSR count). The fourth-order valence-electron chi connectivity index (χ4n) is 6.44. The van der Waals surface area contributed by atoms with Crippen LogP contribution in [0.25, 0.3) is 0 Å². The summed E-state index contributed by atoms with van der Waals surface area (Å²) in [6.45, 7) is 0.0222. The molecule has 4 heterocycles. The Morgan fingerprint density at radius 1 is 0.673 bits per heavy atom. The molecule has 3 saturated heterocycles. The maximum absolute atomic E-state index is 13.2. The third-order valence-corrected chi connectivity index (χ3v) is 9.50. The Labute approximate surface area is 295 Å². The molecule has 0 saturated carbocycles. The number of rotatable bonds is 9. The molecular weight excluding hydrogens is 700 g/mol. The highest BCUT2D eigenvalue weighted by atomic mass is 16.8. The number of carbonyl (C=O) groups excluding carboxylic acids is 1. The van der Waals surface area contributed by atoms with Crippen LogP contribution >= 0.6 is 0 Å². The minimum Gasteiger partial charge on any atom is -0.507 e. The van der Waals surface area contributed by atoms with Gasteiger partial charge in [0.15, 0.2) is 18.2 Å². The lowest BCUT2D eigenvalue weighted by atomic mass is 9.95. The summed E-state index contributed by atoms with van der Waals surface area (Å²) in [5.41, 5.74) is 0.345. The maximum Gasteiger partial charge on any atom is 0.229 e. The SMILES string of the molecule is C[C@@H]1O[C@@H](O[C@H]2[C@H](Oc3cc(O)c4c(c3)O[C@@H](c3ccc(O[C@@H]5O[C@H](CO)[C@@H](O)[C@H](O)[C@H]5O)cc3)CC4=O)O[C@H](CO)[C@@H](O)[C@@H]2O)[C@H](O)[C@H](O)[C@H]1O. The number of phenols is 1. The van der Waals surface area contributed by atoms with Crippen molar-refractivity contribution in [2.45, 2.75) is 112 Å². The molecule has 19 heteroatoms.